The van der Waals surface area contributed by atoms with Gasteiger partial charge in [0.2, 0.25) is 0 Å². The molecule has 3 aromatic carbocycles. The maximum absolute atomic E-state index is 12.6. The van der Waals surface area contributed by atoms with Crippen molar-refractivity contribution >= 4 is 41.9 Å². The van der Waals surface area contributed by atoms with E-state index in [-0.39, 0.29) is 4.90 Å². The van der Waals surface area contributed by atoms with E-state index in [0.29, 0.717) is 5.56 Å². The molecule has 194 valence electrons. The number of hydrogen-bond acceptors (Lipinski definition) is 7. The summed E-state index contributed by atoms with van der Waals surface area (Å²) in [4.78, 5) is 10.4. The van der Waals surface area contributed by atoms with Crippen molar-refractivity contribution in [1.29, 1.82) is 0 Å². The lowest BCUT2D eigenvalue weighted by Crippen LogP contribution is -2.28. The summed E-state index contributed by atoms with van der Waals surface area (Å²) in [5.41, 5.74) is 7.55. The Hall–Kier alpha value is -3.40. The van der Waals surface area contributed by atoms with Crippen LogP contribution in [0.15, 0.2) is 89.4 Å². The number of benzene rings is 3. The minimum absolute atomic E-state index is 0.260. The van der Waals surface area contributed by atoms with Crippen molar-refractivity contribution in [2.24, 2.45) is 0 Å². The maximum atomic E-state index is 12.6. The second-order valence-electron chi connectivity index (χ2n) is 9.79. The second-order valence-corrected chi connectivity index (χ2v) is 15.2. The van der Waals surface area contributed by atoms with Crippen LogP contribution in [0.3, 0.4) is 0 Å². The summed E-state index contributed by atoms with van der Waals surface area (Å²) < 4.78 is 48.0. The number of aromatic nitrogens is 2. The first kappa shape index (κ1) is 26.2. The molecule has 9 heteroatoms. The van der Waals surface area contributed by atoms with Crippen molar-refractivity contribution in [3.05, 3.63) is 90.1 Å². The van der Waals surface area contributed by atoms with E-state index in [4.69, 9.17) is 0 Å². The molecule has 6 nitrogen and oxygen atoms in total. The SMILES string of the molecule is CC(C)(c1cc(-c2cccc(-c3scnc3-c3ccc(S(C)(=O)=O)cc3)c2)c2ncccc2c1)S(C)(=O)=O. The minimum atomic E-state index is -3.38. The molecule has 0 N–H and O–H groups in total. The van der Waals surface area contributed by atoms with Crippen molar-refractivity contribution in [1.82, 2.24) is 9.97 Å². The summed E-state index contributed by atoms with van der Waals surface area (Å²) in [6.07, 6.45) is 4.18. The zero-order valence-electron chi connectivity index (χ0n) is 21.3. The molecule has 0 radical (unpaired) electrons. The summed E-state index contributed by atoms with van der Waals surface area (Å²) in [6, 6.07) is 22.4. The van der Waals surface area contributed by atoms with E-state index in [1.807, 2.05) is 42.5 Å². The number of thiazole rings is 1. The molecule has 2 aromatic heterocycles. The smallest absolute Gasteiger partial charge is 0.175 e. The third-order valence-electron chi connectivity index (χ3n) is 6.89. The maximum Gasteiger partial charge on any atom is 0.175 e. The van der Waals surface area contributed by atoms with Crippen molar-refractivity contribution < 1.29 is 16.8 Å². The van der Waals surface area contributed by atoms with Crippen LogP contribution in [-0.2, 0) is 24.4 Å². The first-order valence-electron chi connectivity index (χ1n) is 11.8. The zero-order valence-corrected chi connectivity index (χ0v) is 23.8. The van der Waals surface area contributed by atoms with Gasteiger partial charge < -0.3 is 0 Å². The molecule has 0 spiro atoms. The van der Waals surface area contributed by atoms with Crippen LogP contribution < -0.4 is 0 Å². The average Bonchev–Trinajstić information content (AvgIpc) is 3.37. The minimum Gasteiger partial charge on any atom is -0.256 e. The highest BCUT2D eigenvalue weighted by atomic mass is 32.2. The largest absolute Gasteiger partial charge is 0.256 e. The number of fused-ring (bicyclic) bond motifs is 1. The summed E-state index contributed by atoms with van der Waals surface area (Å²) in [6.45, 7) is 3.44. The average molecular weight is 563 g/mol. The predicted molar refractivity (Wildman–Crippen MR) is 155 cm³/mol. The molecule has 2 heterocycles. The van der Waals surface area contributed by atoms with Crippen LogP contribution in [0.4, 0.5) is 0 Å². The Morgan fingerprint density at radius 1 is 0.763 bits per heavy atom. The van der Waals surface area contributed by atoms with E-state index in [1.165, 1.54) is 23.8 Å². The van der Waals surface area contributed by atoms with Crippen molar-refractivity contribution in [3.8, 4) is 32.8 Å². The third-order valence-corrected chi connectivity index (χ3v) is 11.0. The lowest BCUT2D eigenvalue weighted by Gasteiger charge is -2.24. The fourth-order valence-corrected chi connectivity index (χ4v) is 6.30. The highest BCUT2D eigenvalue weighted by Crippen LogP contribution is 2.40. The normalized spacial score (nSPS) is 12.6. The summed E-state index contributed by atoms with van der Waals surface area (Å²) in [5.74, 6) is 0. The Morgan fingerprint density at radius 2 is 1.47 bits per heavy atom. The van der Waals surface area contributed by atoms with Crippen LogP contribution >= 0.6 is 11.3 Å². The quantitative estimate of drug-likeness (QED) is 0.239. The molecular formula is C29H26N2O4S3. The highest BCUT2D eigenvalue weighted by Gasteiger charge is 2.33. The number of hydrogen-bond donors (Lipinski definition) is 0. The van der Waals surface area contributed by atoms with Crippen molar-refractivity contribution in [2.75, 3.05) is 12.5 Å². The summed E-state index contributed by atoms with van der Waals surface area (Å²) >= 11 is 1.50. The fourth-order valence-electron chi connectivity index (χ4n) is 4.32. The summed E-state index contributed by atoms with van der Waals surface area (Å²) in [5, 5.41) is 0.867. The monoisotopic (exact) mass is 562 g/mol. The number of sulfone groups is 2. The molecule has 0 aliphatic heterocycles. The van der Waals surface area contributed by atoms with Crippen LogP contribution in [0.5, 0.6) is 0 Å². The Balaban J connectivity index is 1.65. The van der Waals surface area contributed by atoms with E-state index in [9.17, 15) is 16.8 Å². The van der Waals surface area contributed by atoms with Gasteiger partial charge in [0.05, 0.1) is 31.2 Å². The van der Waals surface area contributed by atoms with E-state index in [1.54, 1.807) is 49.8 Å². The first-order valence-corrected chi connectivity index (χ1v) is 16.5. The predicted octanol–water partition coefficient (Wildman–Crippen LogP) is 6.38. The van der Waals surface area contributed by atoms with Gasteiger partial charge in [-0.3, -0.25) is 4.98 Å². The lowest BCUT2D eigenvalue weighted by molar-refractivity contribution is 0.561. The Bertz CT molecular complexity index is 1890. The topological polar surface area (TPSA) is 94.1 Å². The molecule has 5 aromatic rings. The Kier molecular flexibility index (Phi) is 6.49. The van der Waals surface area contributed by atoms with Crippen LogP contribution in [0, 0.1) is 0 Å². The van der Waals surface area contributed by atoms with E-state index in [2.05, 4.69) is 16.0 Å². The van der Waals surface area contributed by atoms with E-state index < -0.39 is 24.4 Å². The summed E-state index contributed by atoms with van der Waals surface area (Å²) in [7, 11) is -6.67. The molecule has 0 fully saturated rings. The molecule has 0 saturated heterocycles. The van der Waals surface area contributed by atoms with Gasteiger partial charge in [0, 0.05) is 35.2 Å². The van der Waals surface area contributed by atoms with Gasteiger partial charge in [0.15, 0.2) is 19.7 Å². The first-order chi connectivity index (χ1) is 17.9. The molecule has 0 aliphatic rings. The van der Waals surface area contributed by atoms with Crippen molar-refractivity contribution in [2.45, 2.75) is 23.5 Å². The van der Waals surface area contributed by atoms with Gasteiger partial charge in [-0.05, 0) is 66.9 Å². The van der Waals surface area contributed by atoms with Gasteiger partial charge in [0.1, 0.15) is 0 Å². The van der Waals surface area contributed by atoms with Gasteiger partial charge >= 0.3 is 0 Å². The standard InChI is InChI=1S/C29H26N2O4S3/c1-29(2,38(4,34)35)23-16-21-9-6-14-30-26(21)25(17-23)20-7-5-8-22(15-20)28-27(31-18-36-28)19-10-12-24(13-11-19)37(3,32)33/h5-18H,1-4H3. The van der Waals surface area contributed by atoms with Gasteiger partial charge in [-0.15, -0.1) is 11.3 Å². The van der Waals surface area contributed by atoms with Crippen molar-refractivity contribution in [3.63, 3.8) is 0 Å². The third kappa shape index (κ3) is 4.77. The molecule has 0 amide bonds. The van der Waals surface area contributed by atoms with Gasteiger partial charge in [-0.1, -0.05) is 36.4 Å². The van der Waals surface area contributed by atoms with Crippen LogP contribution in [0.25, 0.3) is 43.7 Å². The molecule has 5 rings (SSSR count). The van der Waals surface area contributed by atoms with E-state index in [0.717, 1.165) is 43.7 Å². The fraction of sp³-hybridized carbons (Fsp3) is 0.172. The Morgan fingerprint density at radius 3 is 2.16 bits per heavy atom. The molecule has 38 heavy (non-hydrogen) atoms. The molecule has 0 atom stereocenters. The van der Waals surface area contributed by atoms with Crippen LogP contribution in [-0.4, -0.2) is 39.3 Å². The number of rotatable bonds is 6. The number of nitrogens with zero attached hydrogens (tertiary/aromatic N) is 2. The lowest BCUT2D eigenvalue weighted by atomic mass is 9.92. The van der Waals surface area contributed by atoms with Crippen LogP contribution in [0.2, 0.25) is 0 Å². The molecule has 0 unspecified atom stereocenters. The van der Waals surface area contributed by atoms with Gasteiger partial charge in [0.25, 0.3) is 0 Å². The molecule has 0 saturated carbocycles. The number of pyridine rings is 1. The Labute approximate surface area is 226 Å². The van der Waals surface area contributed by atoms with Crippen LogP contribution in [0.1, 0.15) is 19.4 Å². The molecule has 0 bridgehead atoms. The second kappa shape index (κ2) is 9.41. The zero-order chi connectivity index (χ0) is 27.3. The van der Waals surface area contributed by atoms with Gasteiger partial charge in [-0.2, -0.15) is 0 Å². The molecule has 0 aliphatic carbocycles. The van der Waals surface area contributed by atoms with E-state index >= 15 is 0 Å². The molecular weight excluding hydrogens is 537 g/mol. The van der Waals surface area contributed by atoms with Gasteiger partial charge in [-0.25, -0.2) is 21.8 Å². The highest BCUT2D eigenvalue weighted by molar-refractivity contribution is 7.91.